The molecule has 0 radical (unpaired) electrons. The summed E-state index contributed by atoms with van der Waals surface area (Å²) in [5, 5.41) is 8.29. The highest BCUT2D eigenvalue weighted by Crippen LogP contribution is 2.12. The molecule has 1 amide bonds. The highest BCUT2D eigenvalue weighted by molar-refractivity contribution is 6.35. The Bertz CT molecular complexity index is 267. The van der Waals surface area contributed by atoms with Crippen molar-refractivity contribution < 1.29 is 14.8 Å². The zero-order chi connectivity index (χ0) is 15.8. The molecule has 0 aromatic carbocycles. The van der Waals surface area contributed by atoms with Crippen LogP contribution in [-0.4, -0.2) is 16.9 Å². The Morgan fingerprint density at radius 3 is 1.48 bits per heavy atom. The van der Waals surface area contributed by atoms with Gasteiger partial charge in [-0.15, -0.1) is 0 Å². The maximum absolute atomic E-state index is 11.1. The molecule has 0 bridgehead atoms. The first kappa shape index (κ1) is 20.1. The Morgan fingerprint density at radius 2 is 1.10 bits per heavy atom. The van der Waals surface area contributed by atoms with Crippen molar-refractivity contribution in [1.29, 1.82) is 0 Å². The normalized spacial score (nSPS) is 10.6. The number of rotatable bonds is 15. The maximum Gasteiger partial charge on any atom is 0.310 e. The van der Waals surface area contributed by atoms with Crippen LogP contribution in [0.15, 0.2) is 0 Å². The van der Waals surface area contributed by atoms with Crippen LogP contribution in [0.2, 0.25) is 0 Å². The summed E-state index contributed by atoms with van der Waals surface area (Å²) >= 11 is 0. The van der Waals surface area contributed by atoms with Crippen molar-refractivity contribution in [3.63, 3.8) is 0 Å². The van der Waals surface area contributed by atoms with Gasteiger partial charge in [-0.2, -0.15) is 0 Å². The van der Waals surface area contributed by atoms with Crippen molar-refractivity contribution in [1.82, 2.24) is 5.48 Å². The number of hydrogen-bond acceptors (Lipinski definition) is 3. The van der Waals surface area contributed by atoms with Gasteiger partial charge in [0, 0.05) is 6.42 Å². The van der Waals surface area contributed by atoms with Crippen LogP contribution in [0, 0.1) is 0 Å². The minimum Gasteiger partial charge on any atom is -0.289 e. The molecule has 0 rings (SSSR count). The Kier molecular flexibility index (Phi) is 14.8. The van der Waals surface area contributed by atoms with Gasteiger partial charge in [0.2, 0.25) is 5.78 Å². The lowest BCUT2D eigenvalue weighted by molar-refractivity contribution is -0.143. The molecule has 124 valence electrons. The molecule has 0 aliphatic heterocycles. The summed E-state index contributed by atoms with van der Waals surface area (Å²) in [6.45, 7) is 2.25. The van der Waals surface area contributed by atoms with Gasteiger partial charge in [-0.1, -0.05) is 84.0 Å². The van der Waals surface area contributed by atoms with Crippen molar-refractivity contribution in [2.24, 2.45) is 0 Å². The molecule has 4 nitrogen and oxygen atoms in total. The SMILES string of the molecule is CCCCCCCCCCCCCCCC(=O)C(=O)NO. The lowest BCUT2D eigenvalue weighted by Crippen LogP contribution is -2.27. The molecular formula is C17H33NO3. The Balaban J connectivity index is 3.12. The van der Waals surface area contributed by atoms with E-state index in [4.69, 9.17) is 5.21 Å². The summed E-state index contributed by atoms with van der Waals surface area (Å²) in [5.74, 6) is -1.42. The molecule has 0 heterocycles. The summed E-state index contributed by atoms with van der Waals surface area (Å²) in [4.78, 5) is 21.9. The molecule has 4 heteroatoms. The van der Waals surface area contributed by atoms with Crippen molar-refractivity contribution in [3.8, 4) is 0 Å². The molecule has 0 saturated carbocycles. The highest BCUT2D eigenvalue weighted by atomic mass is 16.5. The smallest absolute Gasteiger partial charge is 0.289 e. The quantitative estimate of drug-likeness (QED) is 0.202. The average molecular weight is 299 g/mol. The lowest BCUT2D eigenvalue weighted by atomic mass is 10.0. The minimum atomic E-state index is -0.895. The fourth-order valence-electron chi connectivity index (χ4n) is 2.48. The van der Waals surface area contributed by atoms with E-state index in [1.165, 1.54) is 69.7 Å². The van der Waals surface area contributed by atoms with Crippen LogP contribution in [0.5, 0.6) is 0 Å². The van der Waals surface area contributed by atoms with E-state index in [0.717, 1.165) is 19.3 Å². The highest BCUT2D eigenvalue weighted by Gasteiger charge is 2.10. The average Bonchev–Trinajstić information content (AvgIpc) is 2.50. The van der Waals surface area contributed by atoms with E-state index in [-0.39, 0.29) is 6.42 Å². The summed E-state index contributed by atoms with van der Waals surface area (Å²) in [7, 11) is 0. The Morgan fingerprint density at radius 1 is 0.714 bits per heavy atom. The van der Waals surface area contributed by atoms with Crippen LogP contribution >= 0.6 is 0 Å². The van der Waals surface area contributed by atoms with E-state index < -0.39 is 11.7 Å². The van der Waals surface area contributed by atoms with E-state index >= 15 is 0 Å². The van der Waals surface area contributed by atoms with Crippen molar-refractivity contribution in [3.05, 3.63) is 0 Å². The molecule has 0 aliphatic carbocycles. The molecule has 0 unspecified atom stereocenters. The second-order valence-corrected chi connectivity index (χ2v) is 5.86. The third-order valence-electron chi connectivity index (χ3n) is 3.86. The molecule has 0 fully saturated rings. The van der Waals surface area contributed by atoms with Gasteiger partial charge in [-0.25, -0.2) is 5.48 Å². The van der Waals surface area contributed by atoms with E-state index in [9.17, 15) is 9.59 Å². The number of hydrogen-bond donors (Lipinski definition) is 2. The Labute approximate surface area is 129 Å². The minimum absolute atomic E-state index is 0.240. The molecule has 2 N–H and O–H groups in total. The van der Waals surface area contributed by atoms with Crippen molar-refractivity contribution in [2.45, 2.75) is 96.8 Å². The second kappa shape index (κ2) is 15.5. The first-order valence-electron chi connectivity index (χ1n) is 8.69. The van der Waals surface area contributed by atoms with Crippen LogP contribution in [0.1, 0.15) is 96.8 Å². The first-order valence-corrected chi connectivity index (χ1v) is 8.69. The van der Waals surface area contributed by atoms with E-state index in [1.54, 1.807) is 0 Å². The third-order valence-corrected chi connectivity index (χ3v) is 3.86. The standard InChI is InChI=1S/C17H33NO3/c1-2-3-4-5-6-7-8-9-10-11-12-13-14-15-16(19)17(20)18-21/h21H,2-15H2,1H3,(H,18,20). The van der Waals surface area contributed by atoms with Crippen LogP contribution in [0.25, 0.3) is 0 Å². The van der Waals surface area contributed by atoms with Gasteiger partial charge in [0.1, 0.15) is 0 Å². The largest absolute Gasteiger partial charge is 0.310 e. The first-order chi connectivity index (χ1) is 10.2. The maximum atomic E-state index is 11.1. The van der Waals surface area contributed by atoms with Gasteiger partial charge in [-0.05, 0) is 6.42 Å². The topological polar surface area (TPSA) is 66.4 Å². The number of hydroxylamine groups is 1. The second-order valence-electron chi connectivity index (χ2n) is 5.86. The van der Waals surface area contributed by atoms with Gasteiger partial charge in [-0.3, -0.25) is 14.8 Å². The lowest BCUT2D eigenvalue weighted by Gasteiger charge is -2.03. The van der Waals surface area contributed by atoms with Gasteiger partial charge in [0.15, 0.2) is 0 Å². The van der Waals surface area contributed by atoms with Crippen LogP contribution in [0.3, 0.4) is 0 Å². The van der Waals surface area contributed by atoms with Gasteiger partial charge in [0.25, 0.3) is 0 Å². The van der Waals surface area contributed by atoms with Gasteiger partial charge >= 0.3 is 5.91 Å². The van der Waals surface area contributed by atoms with Gasteiger partial charge in [0.05, 0.1) is 0 Å². The third kappa shape index (κ3) is 13.8. The Hall–Kier alpha value is -0.900. The van der Waals surface area contributed by atoms with Crippen molar-refractivity contribution in [2.75, 3.05) is 0 Å². The predicted molar refractivity (Wildman–Crippen MR) is 85.2 cm³/mol. The number of carbonyl (C=O) groups excluding carboxylic acids is 2. The molecule has 0 atom stereocenters. The van der Waals surface area contributed by atoms with Gasteiger partial charge < -0.3 is 0 Å². The molecule has 0 aromatic heterocycles. The summed E-state index contributed by atoms with van der Waals surface area (Å²) in [6, 6.07) is 0. The predicted octanol–water partition coefficient (Wildman–Crippen LogP) is 4.54. The van der Waals surface area contributed by atoms with Crippen LogP contribution in [-0.2, 0) is 9.59 Å². The van der Waals surface area contributed by atoms with Crippen LogP contribution < -0.4 is 5.48 Å². The zero-order valence-corrected chi connectivity index (χ0v) is 13.7. The van der Waals surface area contributed by atoms with E-state index in [1.807, 2.05) is 0 Å². The van der Waals surface area contributed by atoms with Crippen LogP contribution in [0.4, 0.5) is 0 Å². The fourth-order valence-corrected chi connectivity index (χ4v) is 2.48. The number of ketones is 1. The van der Waals surface area contributed by atoms with E-state index in [2.05, 4.69) is 6.92 Å². The van der Waals surface area contributed by atoms with E-state index in [0.29, 0.717) is 0 Å². The summed E-state index contributed by atoms with van der Waals surface area (Å²) in [6.07, 6.45) is 16.5. The molecule has 21 heavy (non-hydrogen) atoms. The van der Waals surface area contributed by atoms with Crippen molar-refractivity contribution >= 4 is 11.7 Å². The fraction of sp³-hybridized carbons (Fsp3) is 0.882. The zero-order valence-electron chi connectivity index (χ0n) is 13.7. The molecule has 0 saturated heterocycles. The number of nitrogens with one attached hydrogen (secondary N) is 1. The molecule has 0 spiro atoms. The monoisotopic (exact) mass is 299 g/mol. The molecular weight excluding hydrogens is 266 g/mol. The number of carbonyl (C=O) groups is 2. The number of amides is 1. The molecule has 0 aromatic rings. The summed E-state index contributed by atoms with van der Waals surface area (Å²) in [5.41, 5.74) is 1.37. The number of Topliss-reactive ketones (excluding diaryl/α,β-unsaturated/α-hetero) is 1. The summed E-state index contributed by atoms with van der Waals surface area (Å²) < 4.78 is 0. The molecule has 0 aliphatic rings. The number of unbranched alkanes of at least 4 members (excludes halogenated alkanes) is 12.